The van der Waals surface area contributed by atoms with Crippen molar-refractivity contribution < 1.29 is 4.79 Å². The second-order valence-corrected chi connectivity index (χ2v) is 4.85. The quantitative estimate of drug-likeness (QED) is 0.305. The van der Waals surface area contributed by atoms with Gasteiger partial charge >= 0.3 is 0 Å². The number of hydrogen-bond acceptors (Lipinski definition) is 3. The van der Waals surface area contributed by atoms with Gasteiger partial charge in [-0.2, -0.15) is 0 Å². The summed E-state index contributed by atoms with van der Waals surface area (Å²) >= 11 is 1.44. The van der Waals surface area contributed by atoms with Crippen LogP contribution in [0.5, 0.6) is 0 Å². The molecule has 1 amide bonds. The Labute approximate surface area is 123 Å². The highest BCUT2D eigenvalue weighted by atomic mass is 32.1. The maximum atomic E-state index is 11.7. The lowest BCUT2D eigenvalue weighted by atomic mass is 10.4. The highest BCUT2D eigenvalue weighted by molar-refractivity contribution is 7.12. The van der Waals surface area contributed by atoms with Crippen molar-refractivity contribution in [1.82, 2.24) is 16.0 Å². The molecular formula is C14H20N4OS. The van der Waals surface area contributed by atoms with E-state index < -0.39 is 0 Å². The zero-order valence-corrected chi connectivity index (χ0v) is 12.4. The first-order chi connectivity index (χ1) is 9.77. The summed E-state index contributed by atoms with van der Waals surface area (Å²) in [6.45, 7) is 4.46. The number of nitrogens with one attached hydrogen (secondary N) is 3. The molecule has 3 N–H and O–H groups in total. The molecule has 1 aromatic rings. The van der Waals surface area contributed by atoms with Crippen LogP contribution in [-0.2, 0) is 0 Å². The summed E-state index contributed by atoms with van der Waals surface area (Å²) in [5, 5.41) is 10.9. The molecule has 0 fully saturated rings. The van der Waals surface area contributed by atoms with Crippen LogP contribution in [0.15, 0.2) is 22.5 Å². The minimum absolute atomic E-state index is 0.0265. The summed E-state index contributed by atoms with van der Waals surface area (Å²) < 4.78 is 0. The van der Waals surface area contributed by atoms with Gasteiger partial charge in [-0.3, -0.25) is 9.79 Å². The molecule has 0 radical (unpaired) electrons. The minimum Gasteiger partial charge on any atom is -0.357 e. The third-order valence-electron chi connectivity index (χ3n) is 2.34. The number of carbonyl (C=O) groups excluding carboxylic acids is 1. The van der Waals surface area contributed by atoms with Gasteiger partial charge in [-0.25, -0.2) is 0 Å². The predicted molar refractivity (Wildman–Crippen MR) is 84.1 cm³/mol. The van der Waals surface area contributed by atoms with Gasteiger partial charge in [-0.1, -0.05) is 12.0 Å². The molecule has 6 heteroatoms. The van der Waals surface area contributed by atoms with Crippen molar-refractivity contribution in [3.05, 3.63) is 22.4 Å². The Hall–Kier alpha value is -2.00. The Kier molecular flexibility index (Phi) is 7.92. The van der Waals surface area contributed by atoms with Crippen molar-refractivity contribution in [3.63, 3.8) is 0 Å². The lowest BCUT2D eigenvalue weighted by molar-refractivity contribution is 0.0957. The lowest BCUT2D eigenvalue weighted by Crippen LogP contribution is -2.37. The molecule has 108 valence electrons. The van der Waals surface area contributed by atoms with Crippen molar-refractivity contribution in [3.8, 4) is 12.3 Å². The van der Waals surface area contributed by atoms with E-state index in [1.807, 2.05) is 24.4 Å². The van der Waals surface area contributed by atoms with E-state index in [-0.39, 0.29) is 5.91 Å². The molecule has 0 aromatic carbocycles. The molecule has 0 saturated heterocycles. The molecule has 5 nitrogen and oxygen atoms in total. The van der Waals surface area contributed by atoms with Crippen LogP contribution in [0.3, 0.4) is 0 Å². The highest BCUT2D eigenvalue weighted by Gasteiger charge is 2.04. The SMILES string of the molecule is C#CCNC(=NCCCNC(=O)c1cccs1)NCC. The molecule has 0 saturated carbocycles. The first kappa shape index (κ1) is 16.1. The fraction of sp³-hybridized carbons (Fsp3) is 0.429. The van der Waals surface area contributed by atoms with Gasteiger partial charge in [0.1, 0.15) is 0 Å². The second kappa shape index (κ2) is 9.87. The number of aliphatic imine (C=N–C) groups is 1. The monoisotopic (exact) mass is 292 g/mol. The Morgan fingerprint density at radius 3 is 2.95 bits per heavy atom. The van der Waals surface area contributed by atoms with Crippen LogP contribution in [-0.4, -0.2) is 38.0 Å². The van der Waals surface area contributed by atoms with Gasteiger partial charge in [0.05, 0.1) is 11.4 Å². The zero-order valence-electron chi connectivity index (χ0n) is 11.6. The fourth-order valence-electron chi connectivity index (χ4n) is 1.44. The third-order valence-corrected chi connectivity index (χ3v) is 3.21. The average molecular weight is 292 g/mol. The number of amides is 1. The maximum absolute atomic E-state index is 11.7. The van der Waals surface area contributed by atoms with Gasteiger partial charge in [0.15, 0.2) is 5.96 Å². The molecule has 0 aliphatic heterocycles. The molecule has 0 bridgehead atoms. The van der Waals surface area contributed by atoms with Gasteiger partial charge in [0.25, 0.3) is 5.91 Å². The standard InChI is InChI=1S/C14H20N4OS/c1-3-8-17-14(15-4-2)18-10-6-9-16-13(19)12-7-5-11-20-12/h1,5,7,11H,4,6,8-10H2,2H3,(H,16,19)(H2,15,17,18). The van der Waals surface area contributed by atoms with Crippen LogP contribution in [0.25, 0.3) is 0 Å². The lowest BCUT2D eigenvalue weighted by Gasteiger charge is -2.08. The van der Waals surface area contributed by atoms with Gasteiger partial charge in [0, 0.05) is 19.6 Å². The number of nitrogens with zero attached hydrogens (tertiary/aromatic N) is 1. The van der Waals surface area contributed by atoms with Crippen LogP contribution in [0.1, 0.15) is 23.0 Å². The molecule has 0 unspecified atom stereocenters. The molecule has 1 heterocycles. The Balaban J connectivity index is 2.22. The van der Waals surface area contributed by atoms with Gasteiger partial charge < -0.3 is 16.0 Å². The summed E-state index contributed by atoms with van der Waals surface area (Å²) in [6.07, 6.45) is 5.97. The van der Waals surface area contributed by atoms with E-state index in [0.717, 1.165) is 17.8 Å². The Bertz CT molecular complexity index is 462. The Morgan fingerprint density at radius 2 is 2.30 bits per heavy atom. The summed E-state index contributed by atoms with van der Waals surface area (Å²) in [4.78, 5) is 16.8. The maximum Gasteiger partial charge on any atom is 0.261 e. The van der Waals surface area contributed by atoms with Gasteiger partial charge in [-0.15, -0.1) is 17.8 Å². The Morgan fingerprint density at radius 1 is 1.45 bits per heavy atom. The predicted octanol–water partition coefficient (Wildman–Crippen LogP) is 1.06. The number of hydrogen-bond donors (Lipinski definition) is 3. The molecule has 0 aliphatic rings. The normalized spacial score (nSPS) is 10.7. The average Bonchev–Trinajstić information content (AvgIpc) is 2.98. The van der Waals surface area contributed by atoms with Crippen LogP contribution in [0.4, 0.5) is 0 Å². The number of carbonyl (C=O) groups is 1. The van der Waals surface area contributed by atoms with Crippen molar-refractivity contribution >= 4 is 23.2 Å². The smallest absolute Gasteiger partial charge is 0.261 e. The fourth-order valence-corrected chi connectivity index (χ4v) is 2.08. The number of terminal acetylenes is 1. The minimum atomic E-state index is -0.0265. The third kappa shape index (κ3) is 6.25. The molecule has 0 atom stereocenters. The number of guanidine groups is 1. The molecular weight excluding hydrogens is 272 g/mol. The van der Waals surface area contributed by atoms with E-state index in [2.05, 4.69) is 26.9 Å². The van der Waals surface area contributed by atoms with Crippen molar-refractivity contribution in [2.24, 2.45) is 4.99 Å². The first-order valence-corrected chi connectivity index (χ1v) is 7.43. The summed E-state index contributed by atoms with van der Waals surface area (Å²) in [6, 6.07) is 3.68. The molecule has 0 spiro atoms. The first-order valence-electron chi connectivity index (χ1n) is 6.55. The molecule has 1 rings (SSSR count). The topological polar surface area (TPSA) is 65.5 Å². The zero-order chi connectivity index (χ0) is 14.6. The van der Waals surface area contributed by atoms with E-state index >= 15 is 0 Å². The van der Waals surface area contributed by atoms with E-state index in [0.29, 0.717) is 25.6 Å². The molecule has 0 aliphatic carbocycles. The van der Waals surface area contributed by atoms with Gasteiger partial charge in [-0.05, 0) is 24.8 Å². The number of rotatable bonds is 7. The summed E-state index contributed by atoms with van der Waals surface area (Å²) in [5.74, 6) is 3.18. The summed E-state index contributed by atoms with van der Waals surface area (Å²) in [5.41, 5.74) is 0. The van der Waals surface area contributed by atoms with E-state index in [9.17, 15) is 4.79 Å². The number of thiophene rings is 1. The van der Waals surface area contributed by atoms with Crippen LogP contribution in [0.2, 0.25) is 0 Å². The van der Waals surface area contributed by atoms with Crippen molar-refractivity contribution in [1.29, 1.82) is 0 Å². The van der Waals surface area contributed by atoms with Crippen LogP contribution >= 0.6 is 11.3 Å². The van der Waals surface area contributed by atoms with E-state index in [1.165, 1.54) is 11.3 Å². The molecule has 1 aromatic heterocycles. The summed E-state index contributed by atoms with van der Waals surface area (Å²) in [7, 11) is 0. The van der Waals surface area contributed by atoms with Crippen LogP contribution in [0, 0.1) is 12.3 Å². The second-order valence-electron chi connectivity index (χ2n) is 3.91. The largest absolute Gasteiger partial charge is 0.357 e. The molecule has 20 heavy (non-hydrogen) atoms. The van der Waals surface area contributed by atoms with Gasteiger partial charge in [0.2, 0.25) is 0 Å². The van der Waals surface area contributed by atoms with Crippen molar-refractivity contribution in [2.75, 3.05) is 26.2 Å². The van der Waals surface area contributed by atoms with Crippen LogP contribution < -0.4 is 16.0 Å². The van der Waals surface area contributed by atoms with Crippen molar-refractivity contribution in [2.45, 2.75) is 13.3 Å². The van der Waals surface area contributed by atoms with E-state index in [4.69, 9.17) is 6.42 Å². The van der Waals surface area contributed by atoms with E-state index in [1.54, 1.807) is 0 Å². The highest BCUT2D eigenvalue weighted by Crippen LogP contribution is 2.07.